The highest BCUT2D eigenvalue weighted by molar-refractivity contribution is 6.35. The van der Waals surface area contributed by atoms with Gasteiger partial charge in [-0.2, -0.15) is 0 Å². The lowest BCUT2D eigenvalue weighted by atomic mass is 10.0. The van der Waals surface area contributed by atoms with Crippen molar-refractivity contribution in [3.8, 4) is 5.75 Å². The van der Waals surface area contributed by atoms with Crippen LogP contribution in [0, 0.1) is 6.92 Å². The lowest BCUT2D eigenvalue weighted by Gasteiger charge is -2.31. The molecule has 0 aliphatic rings. The SMILES string of the molecule is CNC(=O)C(Cc1ccccc1)N(Cc1ccc(Cl)cc1Cl)C(=O)COc1ccc(C)cc1. The number of benzene rings is 3. The van der Waals surface area contributed by atoms with E-state index in [0.29, 0.717) is 27.8 Å². The second-order valence-corrected chi connectivity index (χ2v) is 8.52. The summed E-state index contributed by atoms with van der Waals surface area (Å²) in [6.07, 6.45) is 0.349. The summed E-state index contributed by atoms with van der Waals surface area (Å²) in [5.74, 6) is -0.0169. The number of likely N-dealkylation sites (N-methyl/N-ethyl adjacent to an activating group) is 1. The van der Waals surface area contributed by atoms with Crippen LogP contribution in [0.5, 0.6) is 5.75 Å². The maximum absolute atomic E-state index is 13.4. The zero-order valence-corrected chi connectivity index (χ0v) is 20.1. The maximum atomic E-state index is 13.4. The second-order valence-electron chi connectivity index (χ2n) is 7.68. The van der Waals surface area contributed by atoms with Crippen molar-refractivity contribution in [2.75, 3.05) is 13.7 Å². The Kier molecular flexibility index (Phi) is 8.75. The number of carbonyl (C=O) groups is 2. The average molecular weight is 485 g/mol. The van der Waals surface area contributed by atoms with E-state index in [4.69, 9.17) is 27.9 Å². The fraction of sp³-hybridized carbons (Fsp3) is 0.231. The monoisotopic (exact) mass is 484 g/mol. The summed E-state index contributed by atoms with van der Waals surface area (Å²) < 4.78 is 5.73. The molecule has 0 bridgehead atoms. The van der Waals surface area contributed by atoms with Crippen LogP contribution >= 0.6 is 23.2 Å². The maximum Gasteiger partial charge on any atom is 0.261 e. The molecule has 7 heteroatoms. The van der Waals surface area contributed by atoms with Gasteiger partial charge in [0.15, 0.2) is 6.61 Å². The van der Waals surface area contributed by atoms with Crippen molar-refractivity contribution in [1.29, 1.82) is 0 Å². The molecule has 0 radical (unpaired) electrons. The standard InChI is InChI=1S/C26H26Cl2N2O3/c1-18-8-12-22(13-9-18)33-17-25(31)30(16-20-10-11-21(27)15-23(20)28)24(26(32)29-2)14-19-6-4-3-5-7-19/h3-13,15,24H,14,16-17H2,1-2H3,(H,29,32). The van der Waals surface area contributed by atoms with Crippen molar-refractivity contribution in [3.63, 3.8) is 0 Å². The van der Waals surface area contributed by atoms with Gasteiger partial charge < -0.3 is 15.0 Å². The minimum absolute atomic E-state index is 0.136. The van der Waals surface area contributed by atoms with Gasteiger partial charge in [0.2, 0.25) is 5.91 Å². The molecule has 0 aromatic heterocycles. The highest BCUT2D eigenvalue weighted by atomic mass is 35.5. The molecule has 0 heterocycles. The van der Waals surface area contributed by atoms with Gasteiger partial charge in [0, 0.05) is 30.1 Å². The molecule has 33 heavy (non-hydrogen) atoms. The van der Waals surface area contributed by atoms with Gasteiger partial charge in [-0.1, -0.05) is 77.3 Å². The van der Waals surface area contributed by atoms with E-state index >= 15 is 0 Å². The molecule has 3 aromatic rings. The van der Waals surface area contributed by atoms with Crippen LogP contribution in [0.25, 0.3) is 0 Å². The van der Waals surface area contributed by atoms with Crippen LogP contribution in [0.3, 0.4) is 0 Å². The van der Waals surface area contributed by atoms with Crippen LogP contribution in [0.1, 0.15) is 16.7 Å². The number of nitrogens with one attached hydrogen (secondary N) is 1. The molecular formula is C26H26Cl2N2O3. The molecule has 3 aromatic carbocycles. The number of hydrogen-bond donors (Lipinski definition) is 1. The Bertz CT molecular complexity index is 1090. The number of carbonyl (C=O) groups excluding carboxylic acids is 2. The normalized spacial score (nSPS) is 11.5. The molecule has 0 fully saturated rings. The molecule has 2 amide bonds. The van der Waals surface area contributed by atoms with Crippen LogP contribution in [-0.4, -0.2) is 36.4 Å². The summed E-state index contributed by atoms with van der Waals surface area (Å²) in [6.45, 7) is 1.90. The Hall–Kier alpha value is -3.02. The number of hydrogen-bond acceptors (Lipinski definition) is 3. The number of halogens is 2. The molecule has 172 valence electrons. The molecule has 0 spiro atoms. The quantitative estimate of drug-likeness (QED) is 0.461. The van der Waals surface area contributed by atoms with Crippen LogP contribution in [0.4, 0.5) is 0 Å². The minimum atomic E-state index is -0.752. The summed E-state index contributed by atoms with van der Waals surface area (Å²) in [4.78, 5) is 27.8. The van der Waals surface area contributed by atoms with Crippen LogP contribution in [-0.2, 0) is 22.6 Å². The van der Waals surface area contributed by atoms with Crippen molar-refractivity contribution in [1.82, 2.24) is 10.2 Å². The van der Waals surface area contributed by atoms with Crippen molar-refractivity contribution in [2.24, 2.45) is 0 Å². The van der Waals surface area contributed by atoms with E-state index in [1.807, 2.05) is 61.5 Å². The molecular weight excluding hydrogens is 459 g/mol. The van der Waals surface area contributed by atoms with Gasteiger partial charge in [0.1, 0.15) is 11.8 Å². The Morgan fingerprint density at radius 3 is 2.33 bits per heavy atom. The fourth-order valence-electron chi connectivity index (χ4n) is 3.42. The summed E-state index contributed by atoms with van der Waals surface area (Å²) in [5, 5.41) is 3.61. The third-order valence-corrected chi connectivity index (χ3v) is 5.84. The lowest BCUT2D eigenvalue weighted by Crippen LogP contribution is -2.51. The smallest absolute Gasteiger partial charge is 0.261 e. The molecule has 1 N–H and O–H groups in total. The first-order chi connectivity index (χ1) is 15.9. The van der Waals surface area contributed by atoms with E-state index in [9.17, 15) is 9.59 Å². The summed E-state index contributed by atoms with van der Waals surface area (Å²) in [7, 11) is 1.56. The predicted octanol–water partition coefficient (Wildman–Crippen LogP) is 5.07. The summed E-state index contributed by atoms with van der Waals surface area (Å²) >= 11 is 12.4. The van der Waals surface area contributed by atoms with Crippen molar-refractivity contribution in [3.05, 3.63) is 99.5 Å². The number of aryl methyl sites for hydroxylation is 1. The fourth-order valence-corrected chi connectivity index (χ4v) is 3.88. The van der Waals surface area contributed by atoms with Crippen molar-refractivity contribution in [2.45, 2.75) is 25.9 Å². The third-order valence-electron chi connectivity index (χ3n) is 5.26. The molecule has 0 aliphatic carbocycles. The second kappa shape index (κ2) is 11.7. The van der Waals surface area contributed by atoms with Gasteiger partial charge >= 0.3 is 0 Å². The van der Waals surface area contributed by atoms with Gasteiger partial charge in [-0.3, -0.25) is 9.59 Å². The van der Waals surface area contributed by atoms with E-state index in [1.54, 1.807) is 25.2 Å². The molecule has 1 unspecified atom stereocenters. The topological polar surface area (TPSA) is 58.6 Å². The van der Waals surface area contributed by atoms with Gasteiger partial charge in [0.25, 0.3) is 5.91 Å². The molecule has 0 saturated carbocycles. The van der Waals surface area contributed by atoms with Gasteiger partial charge in [0.05, 0.1) is 0 Å². The number of amides is 2. The van der Waals surface area contributed by atoms with E-state index in [-0.39, 0.29) is 25.0 Å². The highest BCUT2D eigenvalue weighted by Gasteiger charge is 2.30. The van der Waals surface area contributed by atoms with Crippen LogP contribution < -0.4 is 10.1 Å². The number of nitrogens with zero attached hydrogens (tertiary/aromatic N) is 1. The molecule has 0 saturated heterocycles. The summed E-state index contributed by atoms with van der Waals surface area (Å²) in [5.41, 5.74) is 2.72. The number of ether oxygens (including phenoxy) is 1. The number of rotatable bonds is 9. The molecule has 3 rings (SSSR count). The Morgan fingerprint density at radius 2 is 1.70 bits per heavy atom. The van der Waals surface area contributed by atoms with E-state index in [2.05, 4.69) is 5.32 Å². The Morgan fingerprint density at radius 1 is 1.00 bits per heavy atom. The average Bonchev–Trinajstić information content (AvgIpc) is 2.82. The third kappa shape index (κ3) is 6.98. The highest BCUT2D eigenvalue weighted by Crippen LogP contribution is 2.24. The first-order valence-corrected chi connectivity index (χ1v) is 11.3. The van der Waals surface area contributed by atoms with E-state index < -0.39 is 6.04 Å². The zero-order chi connectivity index (χ0) is 23.8. The molecule has 0 aliphatic heterocycles. The lowest BCUT2D eigenvalue weighted by molar-refractivity contribution is -0.142. The predicted molar refractivity (Wildman–Crippen MR) is 132 cm³/mol. The Balaban J connectivity index is 1.89. The van der Waals surface area contributed by atoms with Crippen LogP contribution in [0.15, 0.2) is 72.8 Å². The zero-order valence-electron chi connectivity index (χ0n) is 18.6. The largest absolute Gasteiger partial charge is 0.484 e. The van der Waals surface area contributed by atoms with Crippen molar-refractivity contribution >= 4 is 35.0 Å². The molecule has 1 atom stereocenters. The first-order valence-electron chi connectivity index (χ1n) is 10.6. The van der Waals surface area contributed by atoms with Gasteiger partial charge in [-0.05, 0) is 42.3 Å². The van der Waals surface area contributed by atoms with Crippen LogP contribution in [0.2, 0.25) is 10.0 Å². The summed E-state index contributed by atoms with van der Waals surface area (Å²) in [6, 6.07) is 21.3. The van der Waals surface area contributed by atoms with Crippen molar-refractivity contribution < 1.29 is 14.3 Å². The van der Waals surface area contributed by atoms with Gasteiger partial charge in [-0.25, -0.2) is 0 Å². The van der Waals surface area contributed by atoms with Gasteiger partial charge in [-0.15, -0.1) is 0 Å². The molecule has 5 nitrogen and oxygen atoms in total. The van der Waals surface area contributed by atoms with E-state index in [1.165, 1.54) is 4.90 Å². The minimum Gasteiger partial charge on any atom is -0.484 e. The van der Waals surface area contributed by atoms with E-state index in [0.717, 1.165) is 11.1 Å². The Labute approximate surface area is 204 Å². The first kappa shape index (κ1) is 24.6.